The molecule has 6 heteroatoms. The summed E-state index contributed by atoms with van der Waals surface area (Å²) in [6.45, 7) is 8.43. The Bertz CT molecular complexity index is 523. The second-order valence-electron chi connectivity index (χ2n) is 7.97. The van der Waals surface area contributed by atoms with Crippen molar-refractivity contribution < 1.29 is 29.6 Å². The zero-order chi connectivity index (χ0) is 20.4. The summed E-state index contributed by atoms with van der Waals surface area (Å²) in [5.41, 5.74) is 1.17. The number of esters is 1. The van der Waals surface area contributed by atoms with E-state index in [1.54, 1.807) is 0 Å². The Morgan fingerprint density at radius 2 is 1.89 bits per heavy atom. The van der Waals surface area contributed by atoms with Crippen molar-refractivity contribution in [1.82, 2.24) is 0 Å². The van der Waals surface area contributed by atoms with Crippen LogP contribution in [0.2, 0.25) is 0 Å². The van der Waals surface area contributed by atoms with E-state index in [1.807, 2.05) is 13.0 Å². The van der Waals surface area contributed by atoms with E-state index in [4.69, 9.17) is 14.6 Å². The quantitative estimate of drug-likeness (QED) is 0.331. The van der Waals surface area contributed by atoms with Crippen LogP contribution >= 0.6 is 0 Å². The Kier molecular flexibility index (Phi) is 10.5. The molecule has 3 atom stereocenters. The smallest absolute Gasteiger partial charge is 0.378 e. The molecule has 0 saturated heterocycles. The molecule has 1 heterocycles. The Morgan fingerprint density at radius 1 is 1.22 bits per heavy atom. The van der Waals surface area contributed by atoms with Crippen LogP contribution in [0, 0.1) is 11.8 Å². The van der Waals surface area contributed by atoms with Crippen molar-refractivity contribution in [1.29, 1.82) is 0 Å². The van der Waals surface area contributed by atoms with E-state index in [-0.39, 0.29) is 12.4 Å². The van der Waals surface area contributed by atoms with E-state index in [9.17, 15) is 15.0 Å². The topological polar surface area (TPSA) is 96.2 Å². The maximum atomic E-state index is 11.4. The van der Waals surface area contributed by atoms with Gasteiger partial charge in [0.15, 0.2) is 11.9 Å². The first kappa shape index (κ1) is 23.5. The van der Waals surface area contributed by atoms with Gasteiger partial charge in [-0.1, -0.05) is 52.0 Å². The first-order valence-electron chi connectivity index (χ1n) is 9.97. The molecular weight excluding hydrogens is 348 g/mol. The van der Waals surface area contributed by atoms with E-state index in [2.05, 4.69) is 20.8 Å². The van der Waals surface area contributed by atoms with Crippen LogP contribution in [0.1, 0.15) is 66.2 Å². The molecule has 0 aliphatic carbocycles. The Hall–Kier alpha value is -1.53. The second-order valence-corrected chi connectivity index (χ2v) is 7.97. The summed E-state index contributed by atoms with van der Waals surface area (Å²) in [4.78, 5) is 11.4. The van der Waals surface area contributed by atoms with Gasteiger partial charge < -0.3 is 24.8 Å². The van der Waals surface area contributed by atoms with Gasteiger partial charge in [0, 0.05) is 0 Å². The molecular formula is C21H36O6. The number of aliphatic hydroxyl groups excluding tert-OH is 3. The monoisotopic (exact) mass is 384 g/mol. The van der Waals surface area contributed by atoms with E-state index >= 15 is 0 Å². The molecule has 3 N–H and O–H groups in total. The predicted octanol–water partition coefficient (Wildman–Crippen LogP) is 3.63. The van der Waals surface area contributed by atoms with Crippen LogP contribution in [-0.2, 0) is 14.3 Å². The molecule has 0 aromatic rings. The minimum atomic E-state index is -1.32. The van der Waals surface area contributed by atoms with Crippen LogP contribution in [-0.4, -0.2) is 46.7 Å². The molecule has 0 amide bonds. The van der Waals surface area contributed by atoms with Gasteiger partial charge in [0.05, 0.1) is 6.61 Å². The lowest BCUT2D eigenvalue weighted by Crippen LogP contribution is -2.32. The number of hydrogen-bond acceptors (Lipinski definition) is 6. The van der Waals surface area contributed by atoms with Gasteiger partial charge in [-0.2, -0.15) is 0 Å². The number of aliphatic hydroxyl groups is 3. The fourth-order valence-corrected chi connectivity index (χ4v) is 3.08. The summed E-state index contributed by atoms with van der Waals surface area (Å²) >= 11 is 0. The van der Waals surface area contributed by atoms with Crippen LogP contribution in [0.3, 0.4) is 0 Å². The number of ether oxygens (including phenoxy) is 2. The highest BCUT2D eigenvalue weighted by Crippen LogP contribution is 2.25. The maximum absolute atomic E-state index is 11.4. The molecule has 1 rings (SSSR count). The predicted molar refractivity (Wildman–Crippen MR) is 104 cm³/mol. The van der Waals surface area contributed by atoms with Crippen molar-refractivity contribution in [3.8, 4) is 0 Å². The fraction of sp³-hybridized carbons (Fsp3) is 0.762. The summed E-state index contributed by atoms with van der Waals surface area (Å²) in [7, 11) is 0. The average Bonchev–Trinajstić information content (AvgIpc) is 2.89. The number of carbonyl (C=O) groups is 1. The van der Waals surface area contributed by atoms with E-state index in [1.165, 1.54) is 31.3 Å². The van der Waals surface area contributed by atoms with Gasteiger partial charge in [-0.3, -0.25) is 0 Å². The largest absolute Gasteiger partial charge is 0.499 e. The number of rotatable bonds is 13. The minimum Gasteiger partial charge on any atom is -0.499 e. The Morgan fingerprint density at radius 3 is 2.52 bits per heavy atom. The fourth-order valence-electron chi connectivity index (χ4n) is 3.08. The molecule has 0 bridgehead atoms. The van der Waals surface area contributed by atoms with E-state index in [0.717, 1.165) is 24.7 Å². The molecule has 6 nitrogen and oxygen atoms in total. The molecule has 0 fully saturated rings. The second kappa shape index (κ2) is 12.0. The van der Waals surface area contributed by atoms with Gasteiger partial charge >= 0.3 is 5.97 Å². The highest BCUT2D eigenvalue weighted by Gasteiger charge is 2.40. The molecule has 0 spiro atoms. The lowest BCUT2D eigenvalue weighted by molar-refractivity contribution is -0.148. The zero-order valence-electron chi connectivity index (χ0n) is 17.1. The molecule has 1 aliphatic rings. The first-order valence-corrected chi connectivity index (χ1v) is 9.97. The SMILES string of the molecule is CC(=CCOC1=C(O)C(=O)O[C@@H]1[C@@H](O)CO)CCCC(C)CCCC(C)C. The van der Waals surface area contributed by atoms with Gasteiger partial charge in [-0.05, 0) is 37.7 Å². The van der Waals surface area contributed by atoms with Gasteiger partial charge in [0.1, 0.15) is 12.7 Å². The normalized spacial score (nSPS) is 20.2. The summed E-state index contributed by atoms with van der Waals surface area (Å²) in [6, 6.07) is 0. The van der Waals surface area contributed by atoms with Crippen LogP contribution < -0.4 is 0 Å². The van der Waals surface area contributed by atoms with Crippen molar-refractivity contribution >= 4 is 5.97 Å². The van der Waals surface area contributed by atoms with Crippen LogP contribution in [0.4, 0.5) is 0 Å². The lowest BCUT2D eigenvalue weighted by Gasteiger charge is -2.17. The highest BCUT2D eigenvalue weighted by molar-refractivity contribution is 5.89. The van der Waals surface area contributed by atoms with Crippen molar-refractivity contribution in [3.63, 3.8) is 0 Å². The molecule has 0 saturated carbocycles. The Labute approximate surface area is 162 Å². The summed E-state index contributed by atoms with van der Waals surface area (Å²) < 4.78 is 10.2. The summed E-state index contributed by atoms with van der Waals surface area (Å²) in [6.07, 6.45) is 6.56. The molecule has 1 unspecified atom stereocenters. The number of cyclic esters (lactones) is 1. The Balaban J connectivity index is 2.34. The van der Waals surface area contributed by atoms with Crippen LogP contribution in [0.15, 0.2) is 23.2 Å². The molecule has 156 valence electrons. The van der Waals surface area contributed by atoms with Crippen molar-refractivity contribution in [2.24, 2.45) is 11.8 Å². The molecule has 0 aromatic heterocycles. The standard InChI is InChI=1S/C21H36O6/c1-14(2)7-5-8-15(3)9-6-10-16(4)11-12-26-20-18(24)21(25)27-19(20)17(23)13-22/h11,14-15,17,19,22-24H,5-10,12-13H2,1-4H3/t15?,17-,19+/m0/s1. The number of allylic oxidation sites excluding steroid dienone is 1. The third kappa shape index (κ3) is 8.35. The molecule has 0 aromatic carbocycles. The van der Waals surface area contributed by atoms with E-state index in [0.29, 0.717) is 0 Å². The van der Waals surface area contributed by atoms with Crippen LogP contribution in [0.25, 0.3) is 0 Å². The minimum absolute atomic E-state index is 0.121. The summed E-state index contributed by atoms with van der Waals surface area (Å²) in [5, 5.41) is 28.4. The van der Waals surface area contributed by atoms with Gasteiger partial charge in [-0.15, -0.1) is 0 Å². The molecule has 1 aliphatic heterocycles. The van der Waals surface area contributed by atoms with Crippen LogP contribution in [0.5, 0.6) is 0 Å². The third-order valence-electron chi connectivity index (χ3n) is 4.87. The van der Waals surface area contributed by atoms with Crippen molar-refractivity contribution in [2.45, 2.75) is 78.4 Å². The number of hydrogen-bond donors (Lipinski definition) is 3. The third-order valence-corrected chi connectivity index (χ3v) is 4.87. The van der Waals surface area contributed by atoms with E-state index < -0.39 is 30.5 Å². The molecule has 0 radical (unpaired) electrons. The highest BCUT2D eigenvalue weighted by atomic mass is 16.6. The molecule has 27 heavy (non-hydrogen) atoms. The zero-order valence-corrected chi connectivity index (χ0v) is 17.1. The van der Waals surface area contributed by atoms with Gasteiger partial charge in [-0.25, -0.2) is 4.79 Å². The van der Waals surface area contributed by atoms with Gasteiger partial charge in [0.2, 0.25) is 5.76 Å². The van der Waals surface area contributed by atoms with Gasteiger partial charge in [0.25, 0.3) is 0 Å². The van der Waals surface area contributed by atoms with Crippen molar-refractivity contribution in [3.05, 3.63) is 23.2 Å². The maximum Gasteiger partial charge on any atom is 0.378 e. The average molecular weight is 385 g/mol. The lowest BCUT2D eigenvalue weighted by atomic mass is 9.94. The summed E-state index contributed by atoms with van der Waals surface area (Å²) in [5.74, 6) is -0.208. The first-order chi connectivity index (χ1) is 12.8. The van der Waals surface area contributed by atoms with Crippen molar-refractivity contribution in [2.75, 3.05) is 13.2 Å². The number of carbonyl (C=O) groups excluding carboxylic acids is 1.